The Kier molecular flexibility index (Phi) is 6.66. The van der Waals surface area contributed by atoms with Crippen molar-refractivity contribution < 1.29 is 27.7 Å². The Balaban J connectivity index is 1.62. The van der Waals surface area contributed by atoms with E-state index in [1.807, 2.05) is 6.92 Å². The highest BCUT2D eigenvalue weighted by molar-refractivity contribution is 7.89. The molecule has 164 valence electrons. The molecule has 11 heteroatoms. The molecular weight excluding hydrogens is 426 g/mol. The molecule has 0 saturated carbocycles. The number of ether oxygens (including phenoxy) is 1. The predicted molar refractivity (Wildman–Crippen MR) is 111 cm³/mol. The number of hydrogen-bond donors (Lipinski definition) is 1. The summed E-state index contributed by atoms with van der Waals surface area (Å²) in [6, 6.07) is 10.6. The summed E-state index contributed by atoms with van der Waals surface area (Å²) in [6.07, 6.45) is 0.779. The van der Waals surface area contributed by atoms with Crippen LogP contribution in [0.3, 0.4) is 0 Å². The second-order valence-electron chi connectivity index (χ2n) is 7.05. The number of non-ortho nitro benzene ring substituents is 1. The number of sulfonamides is 1. The van der Waals surface area contributed by atoms with Gasteiger partial charge in [0, 0.05) is 24.4 Å². The Bertz CT molecular complexity index is 1100. The largest absolute Gasteiger partial charge is 0.454 e. The summed E-state index contributed by atoms with van der Waals surface area (Å²) in [4.78, 5) is 34.8. The molecule has 1 unspecified atom stereocenters. The van der Waals surface area contributed by atoms with Crippen molar-refractivity contribution in [3.05, 3.63) is 64.2 Å². The van der Waals surface area contributed by atoms with Gasteiger partial charge in [0.15, 0.2) is 6.61 Å². The molecule has 1 saturated heterocycles. The molecular formula is C20H21N3O7S. The van der Waals surface area contributed by atoms with Crippen LogP contribution < -0.4 is 5.32 Å². The number of esters is 1. The van der Waals surface area contributed by atoms with E-state index in [2.05, 4.69) is 5.32 Å². The van der Waals surface area contributed by atoms with Gasteiger partial charge in [-0.3, -0.25) is 19.7 Å². The summed E-state index contributed by atoms with van der Waals surface area (Å²) in [5.74, 6) is -1.51. The molecule has 0 radical (unpaired) electrons. The molecule has 2 aromatic rings. The fraction of sp³-hybridized carbons (Fsp3) is 0.300. The summed E-state index contributed by atoms with van der Waals surface area (Å²) >= 11 is 0. The van der Waals surface area contributed by atoms with Crippen LogP contribution in [0.25, 0.3) is 0 Å². The molecule has 3 rings (SSSR count). The molecule has 2 aromatic carbocycles. The maximum atomic E-state index is 12.9. The monoisotopic (exact) mass is 447 g/mol. The highest BCUT2D eigenvalue weighted by atomic mass is 32.2. The first kappa shape index (κ1) is 22.4. The zero-order valence-electron chi connectivity index (χ0n) is 16.7. The van der Waals surface area contributed by atoms with Crippen molar-refractivity contribution in [3.63, 3.8) is 0 Å². The average molecular weight is 447 g/mol. The summed E-state index contributed by atoms with van der Waals surface area (Å²) < 4.78 is 31.9. The van der Waals surface area contributed by atoms with Crippen molar-refractivity contribution in [1.29, 1.82) is 0 Å². The number of aryl methyl sites for hydroxylation is 1. The number of carbonyl (C=O) groups is 2. The van der Waals surface area contributed by atoms with Gasteiger partial charge in [-0.05, 0) is 38.0 Å². The fourth-order valence-corrected chi connectivity index (χ4v) is 4.88. The van der Waals surface area contributed by atoms with Crippen LogP contribution in [0, 0.1) is 17.0 Å². The summed E-state index contributed by atoms with van der Waals surface area (Å²) in [5.41, 5.74) is 0.892. The predicted octanol–water partition coefficient (Wildman–Crippen LogP) is 2.24. The third-order valence-electron chi connectivity index (χ3n) is 4.79. The molecule has 0 bridgehead atoms. The first-order chi connectivity index (χ1) is 14.7. The Morgan fingerprint density at radius 1 is 1.23 bits per heavy atom. The topological polar surface area (TPSA) is 136 Å². The van der Waals surface area contributed by atoms with Crippen molar-refractivity contribution in [1.82, 2.24) is 4.31 Å². The number of anilines is 1. The summed E-state index contributed by atoms with van der Waals surface area (Å²) in [5, 5.41) is 13.2. The van der Waals surface area contributed by atoms with E-state index in [9.17, 15) is 28.1 Å². The maximum Gasteiger partial charge on any atom is 0.324 e. The smallest absolute Gasteiger partial charge is 0.324 e. The number of amides is 1. The number of nitro groups is 1. The number of carbonyl (C=O) groups excluding carboxylic acids is 2. The van der Waals surface area contributed by atoms with Crippen LogP contribution in [0.5, 0.6) is 0 Å². The van der Waals surface area contributed by atoms with Gasteiger partial charge in [0.25, 0.3) is 11.6 Å². The van der Waals surface area contributed by atoms with Crippen LogP contribution in [0.15, 0.2) is 53.4 Å². The molecule has 1 aliphatic heterocycles. The van der Waals surface area contributed by atoms with E-state index >= 15 is 0 Å². The average Bonchev–Trinajstić information content (AvgIpc) is 3.23. The van der Waals surface area contributed by atoms with Crippen molar-refractivity contribution in [2.75, 3.05) is 18.5 Å². The molecule has 31 heavy (non-hydrogen) atoms. The van der Waals surface area contributed by atoms with E-state index in [1.165, 1.54) is 36.4 Å². The number of rotatable bonds is 7. The highest BCUT2D eigenvalue weighted by Gasteiger charge is 2.40. The van der Waals surface area contributed by atoms with E-state index in [0.717, 1.165) is 9.87 Å². The number of nitrogens with one attached hydrogen (secondary N) is 1. The van der Waals surface area contributed by atoms with Gasteiger partial charge in [0.05, 0.1) is 9.82 Å². The Morgan fingerprint density at radius 2 is 1.94 bits per heavy atom. The van der Waals surface area contributed by atoms with Crippen molar-refractivity contribution >= 4 is 33.3 Å². The van der Waals surface area contributed by atoms with Crippen LogP contribution in [0.2, 0.25) is 0 Å². The number of nitro benzene ring substituents is 1. The van der Waals surface area contributed by atoms with E-state index in [-0.39, 0.29) is 29.2 Å². The first-order valence-electron chi connectivity index (χ1n) is 9.48. The van der Waals surface area contributed by atoms with Gasteiger partial charge in [-0.2, -0.15) is 4.31 Å². The maximum absolute atomic E-state index is 12.9. The Morgan fingerprint density at radius 3 is 2.61 bits per heavy atom. The minimum Gasteiger partial charge on any atom is -0.454 e. The van der Waals surface area contributed by atoms with Gasteiger partial charge in [0.2, 0.25) is 10.0 Å². The first-order valence-corrected chi connectivity index (χ1v) is 10.9. The fourth-order valence-electron chi connectivity index (χ4n) is 3.24. The Labute approximate surface area is 179 Å². The molecule has 0 spiro atoms. The number of benzene rings is 2. The molecule has 1 amide bonds. The standard InChI is InChI=1S/C20H21N3O7S/c1-14-7-9-17(10-8-14)31(28,29)22-11-3-6-18(22)20(25)30-13-19(24)21-15-4-2-5-16(12-15)23(26)27/h2,4-5,7-10,12,18H,3,6,11,13H2,1H3,(H,21,24). The second-order valence-corrected chi connectivity index (χ2v) is 8.94. The molecule has 1 aliphatic rings. The molecule has 0 aromatic heterocycles. The van der Waals surface area contributed by atoms with Crippen molar-refractivity contribution in [2.24, 2.45) is 0 Å². The van der Waals surface area contributed by atoms with Crippen molar-refractivity contribution in [3.8, 4) is 0 Å². The van der Waals surface area contributed by atoms with E-state index in [4.69, 9.17) is 4.74 Å². The molecule has 1 atom stereocenters. The van der Waals surface area contributed by atoms with Gasteiger partial charge in [0.1, 0.15) is 6.04 Å². The van der Waals surface area contributed by atoms with Crippen LogP contribution in [0.4, 0.5) is 11.4 Å². The summed E-state index contributed by atoms with van der Waals surface area (Å²) in [7, 11) is -3.88. The third kappa shape index (κ3) is 5.25. The lowest BCUT2D eigenvalue weighted by Crippen LogP contribution is -2.42. The van der Waals surface area contributed by atoms with E-state index < -0.39 is 39.5 Å². The van der Waals surface area contributed by atoms with Gasteiger partial charge in [-0.25, -0.2) is 8.42 Å². The van der Waals surface area contributed by atoms with Crippen LogP contribution >= 0.6 is 0 Å². The van der Waals surface area contributed by atoms with Crippen LogP contribution in [0.1, 0.15) is 18.4 Å². The lowest BCUT2D eigenvalue weighted by molar-refractivity contribution is -0.384. The lowest BCUT2D eigenvalue weighted by atomic mass is 10.2. The van der Waals surface area contributed by atoms with E-state index in [1.54, 1.807) is 12.1 Å². The summed E-state index contributed by atoms with van der Waals surface area (Å²) in [6.45, 7) is 1.37. The minimum absolute atomic E-state index is 0.0845. The van der Waals surface area contributed by atoms with Crippen molar-refractivity contribution in [2.45, 2.75) is 30.7 Å². The SMILES string of the molecule is Cc1ccc(S(=O)(=O)N2CCCC2C(=O)OCC(=O)Nc2cccc([N+](=O)[O-])c2)cc1. The third-order valence-corrected chi connectivity index (χ3v) is 6.71. The van der Waals surface area contributed by atoms with E-state index in [0.29, 0.717) is 6.42 Å². The quantitative estimate of drug-likeness (QED) is 0.390. The molecule has 1 N–H and O–H groups in total. The van der Waals surface area contributed by atoms with Crippen LogP contribution in [-0.4, -0.2) is 48.7 Å². The van der Waals surface area contributed by atoms with Gasteiger partial charge < -0.3 is 10.1 Å². The Hall–Kier alpha value is -3.31. The molecule has 1 heterocycles. The number of hydrogen-bond acceptors (Lipinski definition) is 7. The molecule has 1 fully saturated rings. The van der Waals surface area contributed by atoms with Gasteiger partial charge in [-0.1, -0.05) is 23.8 Å². The normalized spacial score (nSPS) is 16.6. The lowest BCUT2D eigenvalue weighted by Gasteiger charge is -2.22. The zero-order chi connectivity index (χ0) is 22.6. The zero-order valence-corrected chi connectivity index (χ0v) is 17.5. The molecule has 0 aliphatic carbocycles. The highest BCUT2D eigenvalue weighted by Crippen LogP contribution is 2.27. The molecule has 10 nitrogen and oxygen atoms in total. The number of nitrogens with zero attached hydrogens (tertiary/aromatic N) is 2. The minimum atomic E-state index is -3.88. The van der Waals surface area contributed by atoms with Crippen LogP contribution in [-0.2, 0) is 24.3 Å². The second kappa shape index (κ2) is 9.23. The van der Waals surface area contributed by atoms with Gasteiger partial charge >= 0.3 is 5.97 Å². The van der Waals surface area contributed by atoms with Gasteiger partial charge in [-0.15, -0.1) is 0 Å².